The summed E-state index contributed by atoms with van der Waals surface area (Å²) in [6, 6.07) is 0.167. The number of rotatable bonds is 7. The molecule has 0 N–H and O–H groups in total. The van der Waals surface area contributed by atoms with Crippen molar-refractivity contribution in [2.45, 2.75) is 74.3 Å². The number of piperidine rings is 1. The third-order valence-electron chi connectivity index (χ3n) is 12.3. The molecule has 7 aliphatic rings. The van der Waals surface area contributed by atoms with E-state index in [0.29, 0.717) is 18.6 Å². The Balaban J connectivity index is 1.56. The Morgan fingerprint density at radius 1 is 1.00 bits per heavy atom. The molecule has 5 aliphatic carbocycles. The molecule has 4 unspecified atom stereocenters. The van der Waals surface area contributed by atoms with Gasteiger partial charge >= 0.3 is 0 Å². The molecule has 5 saturated carbocycles. The normalized spacial score (nSPS) is 59.7. The van der Waals surface area contributed by atoms with Gasteiger partial charge in [0.15, 0.2) is 0 Å². The van der Waals surface area contributed by atoms with Gasteiger partial charge in [-0.15, -0.1) is 0 Å². The zero-order valence-corrected chi connectivity index (χ0v) is 22.2. The number of fused-ring (bicyclic) bond motifs is 1. The summed E-state index contributed by atoms with van der Waals surface area (Å²) in [6.45, 7) is 5.29. The van der Waals surface area contributed by atoms with Crippen LogP contribution in [0.25, 0.3) is 0 Å². The number of methoxy groups -OCH3 is 5. The highest BCUT2D eigenvalue weighted by molar-refractivity contribution is 5.43. The molecule has 2 heterocycles. The zero-order valence-electron chi connectivity index (χ0n) is 22.2. The Kier molecular flexibility index (Phi) is 5.18. The maximum absolute atomic E-state index is 7.02. The maximum Gasteiger partial charge on any atom is 0.148 e. The van der Waals surface area contributed by atoms with E-state index in [1.54, 1.807) is 0 Å². The minimum atomic E-state index is -0.594. The molecule has 8 nitrogen and oxygen atoms in total. The molecular weight excluding hydrogens is 450 g/mol. The first-order chi connectivity index (χ1) is 17.0. The predicted molar refractivity (Wildman–Crippen MR) is 126 cm³/mol. The second-order valence-corrected chi connectivity index (χ2v) is 12.5. The second-order valence-electron chi connectivity index (χ2n) is 12.5. The topological polar surface area (TPSA) is 67.9 Å². The Labute approximate surface area is 209 Å². The summed E-state index contributed by atoms with van der Waals surface area (Å²) in [5.41, 5.74) is -1.22. The van der Waals surface area contributed by atoms with Crippen LogP contribution in [0.1, 0.15) is 32.6 Å². The lowest BCUT2D eigenvalue weighted by Gasteiger charge is -2.70. The predicted octanol–water partition coefficient (Wildman–Crippen LogP) is 1.94. The van der Waals surface area contributed by atoms with E-state index in [1.165, 1.54) is 0 Å². The first-order valence-electron chi connectivity index (χ1n) is 13.6. The largest absolute Gasteiger partial charge is 0.384 e. The van der Waals surface area contributed by atoms with E-state index in [1.807, 2.05) is 35.5 Å². The molecule has 7 fully saturated rings. The summed E-state index contributed by atoms with van der Waals surface area (Å²) in [7, 11) is 9.39. The van der Waals surface area contributed by atoms with E-state index in [-0.39, 0.29) is 53.1 Å². The van der Waals surface area contributed by atoms with Gasteiger partial charge in [-0.2, -0.15) is 0 Å². The van der Waals surface area contributed by atoms with Crippen LogP contribution >= 0.6 is 0 Å². The minimum Gasteiger partial charge on any atom is -0.384 e. The molecule has 7 bridgehead atoms. The van der Waals surface area contributed by atoms with Gasteiger partial charge in [-0.25, -0.2) is 0 Å². The average molecular weight is 494 g/mol. The fraction of sp³-hybridized carbons (Fsp3) is 1.00. The first-order valence-corrected chi connectivity index (χ1v) is 13.6. The van der Waals surface area contributed by atoms with Crippen LogP contribution in [0, 0.1) is 34.5 Å². The Morgan fingerprint density at radius 3 is 2.49 bits per heavy atom. The monoisotopic (exact) mass is 493 g/mol. The summed E-state index contributed by atoms with van der Waals surface area (Å²) in [4.78, 5) is 2.71. The Hall–Kier alpha value is -0.320. The van der Waals surface area contributed by atoms with Crippen molar-refractivity contribution in [3.8, 4) is 0 Å². The Morgan fingerprint density at radius 2 is 1.83 bits per heavy atom. The van der Waals surface area contributed by atoms with E-state index in [0.717, 1.165) is 45.4 Å². The molecule has 2 aliphatic heterocycles. The van der Waals surface area contributed by atoms with E-state index in [9.17, 15) is 0 Å². The van der Waals surface area contributed by atoms with Crippen molar-refractivity contribution >= 4 is 0 Å². The average Bonchev–Trinajstić information content (AvgIpc) is 3.45. The third-order valence-corrected chi connectivity index (χ3v) is 12.3. The van der Waals surface area contributed by atoms with E-state index in [4.69, 9.17) is 33.2 Å². The fourth-order valence-corrected chi connectivity index (χ4v) is 12.0. The maximum atomic E-state index is 7.02. The smallest absolute Gasteiger partial charge is 0.148 e. The first kappa shape index (κ1) is 23.8. The van der Waals surface area contributed by atoms with Crippen LogP contribution in [-0.4, -0.2) is 109 Å². The highest BCUT2D eigenvalue weighted by Crippen LogP contribution is 2.82. The molecule has 2 saturated heterocycles. The molecule has 8 heteroatoms. The number of likely N-dealkylation sites (tertiary alicyclic amines) is 1. The molecule has 13 atom stereocenters. The van der Waals surface area contributed by atoms with Gasteiger partial charge < -0.3 is 33.2 Å². The van der Waals surface area contributed by atoms with E-state index in [2.05, 4.69) is 11.8 Å². The number of ether oxygens (including phenoxy) is 7. The molecular formula is C27H43NO7. The van der Waals surface area contributed by atoms with Gasteiger partial charge in [0.1, 0.15) is 18.0 Å². The highest BCUT2D eigenvalue weighted by Gasteiger charge is 2.93. The van der Waals surface area contributed by atoms with Crippen molar-refractivity contribution in [1.82, 2.24) is 4.90 Å². The standard InChI is InChI=1S/C27H43NO7/c1-7-28-12-24(13-29-2)9-8-18(31-4)26-16-10-15-17(30-3)11-25(19(16)20(15)32-5)27(23(26)28,35-14-34-25)22(33-6)21(24)26/h15-23H,7-14H2,1-6H3/t15?,16-,17+,18+,19-,20?,21-,22+,23?,24+,25-,26?,27+/m1/s1. The van der Waals surface area contributed by atoms with Gasteiger partial charge in [-0.05, 0) is 31.7 Å². The molecule has 3 spiro atoms. The van der Waals surface area contributed by atoms with Crippen molar-refractivity contribution in [3.05, 3.63) is 0 Å². The summed E-state index contributed by atoms with van der Waals surface area (Å²) < 4.78 is 45.7. The Bertz CT molecular complexity index is 874. The molecule has 0 amide bonds. The summed E-state index contributed by atoms with van der Waals surface area (Å²) in [5, 5.41) is 0. The molecule has 0 aromatic carbocycles. The number of likely N-dealkylation sites (N-methyl/N-ethyl adjacent to an activating group) is 1. The number of nitrogens with zero attached hydrogens (tertiary/aromatic N) is 1. The van der Waals surface area contributed by atoms with E-state index >= 15 is 0 Å². The molecule has 0 radical (unpaired) electrons. The van der Waals surface area contributed by atoms with Crippen LogP contribution in [0.4, 0.5) is 0 Å². The van der Waals surface area contributed by atoms with Gasteiger partial charge in [0, 0.05) is 77.1 Å². The molecule has 198 valence electrons. The zero-order chi connectivity index (χ0) is 24.4. The minimum absolute atomic E-state index is 0.00639. The van der Waals surface area contributed by atoms with Gasteiger partial charge in [0.2, 0.25) is 0 Å². The van der Waals surface area contributed by atoms with Gasteiger partial charge in [-0.1, -0.05) is 6.92 Å². The van der Waals surface area contributed by atoms with Crippen molar-refractivity contribution in [2.75, 3.05) is 62.0 Å². The molecule has 7 rings (SSSR count). The van der Waals surface area contributed by atoms with Crippen LogP contribution in [0.15, 0.2) is 0 Å². The third kappa shape index (κ3) is 2.25. The fourth-order valence-electron chi connectivity index (χ4n) is 12.0. The number of hydrogen-bond acceptors (Lipinski definition) is 8. The molecule has 0 aromatic heterocycles. The molecule has 35 heavy (non-hydrogen) atoms. The van der Waals surface area contributed by atoms with Gasteiger partial charge in [0.05, 0.1) is 37.1 Å². The van der Waals surface area contributed by atoms with Crippen molar-refractivity contribution in [3.63, 3.8) is 0 Å². The second kappa shape index (κ2) is 7.63. The summed E-state index contributed by atoms with van der Waals surface area (Å²) in [6.07, 6.45) is 4.23. The number of hydrogen-bond donors (Lipinski definition) is 0. The molecule has 0 aromatic rings. The quantitative estimate of drug-likeness (QED) is 0.533. The van der Waals surface area contributed by atoms with Crippen molar-refractivity contribution < 1.29 is 33.2 Å². The SMILES string of the molecule is CCN1C[C@]2(COC)CC[C@H](OC)C34C1[C@@]1(OCO[C@@]15C[C@H](OC)C1C[C@@H]3[C@@H]5C1OC)[C@@H](OC)[C@@H]42. The van der Waals surface area contributed by atoms with Crippen LogP contribution in [0.3, 0.4) is 0 Å². The lowest BCUT2D eigenvalue weighted by atomic mass is 9.42. The van der Waals surface area contributed by atoms with Gasteiger partial charge in [-0.3, -0.25) is 4.90 Å². The lowest BCUT2D eigenvalue weighted by molar-refractivity contribution is -0.287. The highest BCUT2D eigenvalue weighted by atomic mass is 16.7. The van der Waals surface area contributed by atoms with Crippen molar-refractivity contribution in [2.24, 2.45) is 34.5 Å². The summed E-state index contributed by atoms with van der Waals surface area (Å²) >= 11 is 0. The van der Waals surface area contributed by atoms with Crippen LogP contribution in [0.5, 0.6) is 0 Å². The van der Waals surface area contributed by atoms with Crippen LogP contribution in [-0.2, 0) is 33.2 Å². The van der Waals surface area contributed by atoms with Crippen LogP contribution in [0.2, 0.25) is 0 Å². The van der Waals surface area contributed by atoms with Gasteiger partial charge in [0.25, 0.3) is 0 Å². The van der Waals surface area contributed by atoms with Crippen molar-refractivity contribution in [1.29, 1.82) is 0 Å². The van der Waals surface area contributed by atoms with E-state index < -0.39 is 11.2 Å². The summed E-state index contributed by atoms with van der Waals surface area (Å²) in [5.74, 6) is 1.25. The van der Waals surface area contributed by atoms with Crippen LogP contribution < -0.4 is 0 Å². The lowest BCUT2D eigenvalue weighted by Crippen LogP contribution is -2.81.